The van der Waals surface area contributed by atoms with E-state index >= 15 is 0 Å². The number of nitrogens with one attached hydrogen (secondary N) is 2. The average molecular weight is 503 g/mol. The predicted molar refractivity (Wildman–Crippen MR) is 119 cm³/mol. The smallest absolute Gasteiger partial charge is 0.416 e. The molecule has 2 N–H and O–H groups in total. The number of esters is 1. The number of anilines is 2. The highest BCUT2D eigenvalue weighted by atomic mass is 32.2. The summed E-state index contributed by atoms with van der Waals surface area (Å²) in [5, 5.41) is 2.26. The molecule has 0 aliphatic rings. The second-order valence-corrected chi connectivity index (χ2v) is 9.81. The largest absolute Gasteiger partial charge is 0.465 e. The summed E-state index contributed by atoms with van der Waals surface area (Å²) in [7, 11) is -3.37. The number of ether oxygens (including phenoxy) is 2. The maximum Gasteiger partial charge on any atom is 0.416 e. The van der Waals surface area contributed by atoms with Gasteiger partial charge in [-0.25, -0.2) is 18.0 Å². The van der Waals surface area contributed by atoms with Gasteiger partial charge in [-0.05, 0) is 63.1 Å². The van der Waals surface area contributed by atoms with E-state index in [4.69, 9.17) is 4.74 Å². The van der Waals surface area contributed by atoms with Crippen LogP contribution in [0.1, 0.15) is 49.2 Å². The van der Waals surface area contributed by atoms with Gasteiger partial charge in [0.05, 0.1) is 34.5 Å². The van der Waals surface area contributed by atoms with Crippen LogP contribution >= 0.6 is 0 Å². The first-order valence-electron chi connectivity index (χ1n) is 10.0. The first-order valence-corrected chi connectivity index (χ1v) is 11.5. The Kier molecular flexibility index (Phi) is 7.87. The fraction of sp³-hybridized carbons (Fsp3) is 0.364. The number of benzene rings is 2. The fourth-order valence-corrected chi connectivity index (χ4v) is 4.28. The zero-order chi connectivity index (χ0) is 25.9. The van der Waals surface area contributed by atoms with Gasteiger partial charge in [0.2, 0.25) is 0 Å². The van der Waals surface area contributed by atoms with Crippen molar-refractivity contribution >= 4 is 33.5 Å². The van der Waals surface area contributed by atoms with Crippen LogP contribution in [-0.4, -0.2) is 33.2 Å². The molecule has 0 fully saturated rings. The summed E-state index contributed by atoms with van der Waals surface area (Å²) < 4.78 is 78.1. The average Bonchev–Trinajstić information content (AvgIpc) is 2.71. The molecule has 0 unspecified atom stereocenters. The Balaban J connectivity index is 2.57. The minimum Gasteiger partial charge on any atom is -0.465 e. The van der Waals surface area contributed by atoms with Gasteiger partial charge in [-0.15, -0.1) is 0 Å². The second kappa shape index (κ2) is 9.92. The molecule has 0 aromatic heterocycles. The summed E-state index contributed by atoms with van der Waals surface area (Å²) >= 11 is 0. The lowest BCUT2D eigenvalue weighted by molar-refractivity contribution is -0.137. The van der Waals surface area contributed by atoms with Crippen molar-refractivity contribution in [1.82, 2.24) is 0 Å². The van der Waals surface area contributed by atoms with Gasteiger partial charge in [0.15, 0.2) is 0 Å². The van der Waals surface area contributed by atoms with E-state index in [1.165, 1.54) is 12.1 Å². The summed E-state index contributed by atoms with van der Waals surface area (Å²) in [5.74, 6) is -0.787. The molecule has 2 aromatic rings. The number of amides is 1. The molecular formula is C22H25F3N2O6S. The molecule has 0 heterocycles. The fourth-order valence-electron chi connectivity index (χ4n) is 2.87. The van der Waals surface area contributed by atoms with Crippen LogP contribution in [0.5, 0.6) is 0 Å². The Morgan fingerprint density at radius 1 is 1.00 bits per heavy atom. The molecule has 34 heavy (non-hydrogen) atoms. The summed E-state index contributed by atoms with van der Waals surface area (Å²) in [4.78, 5) is 23.7. The van der Waals surface area contributed by atoms with Gasteiger partial charge in [0, 0.05) is 0 Å². The first-order chi connectivity index (χ1) is 15.6. The molecule has 0 spiro atoms. The SMILES string of the molecule is CCc1ccc(C(=O)OC)cc1S(=O)(=O)Nc1cc(C(F)(F)F)ccc1NC(=O)OC(C)(C)C. The van der Waals surface area contributed by atoms with Gasteiger partial charge >= 0.3 is 18.2 Å². The minimum absolute atomic E-state index is 0.0591. The van der Waals surface area contributed by atoms with E-state index in [1.54, 1.807) is 27.7 Å². The topological polar surface area (TPSA) is 111 Å². The molecule has 0 aliphatic carbocycles. The molecule has 0 atom stereocenters. The van der Waals surface area contributed by atoms with Crippen LogP contribution in [0.4, 0.5) is 29.3 Å². The first kappa shape index (κ1) is 27.0. The monoisotopic (exact) mass is 502 g/mol. The lowest BCUT2D eigenvalue weighted by Crippen LogP contribution is -2.27. The number of hydrogen-bond acceptors (Lipinski definition) is 6. The maximum absolute atomic E-state index is 13.3. The Bertz CT molecular complexity index is 1190. The van der Waals surface area contributed by atoms with Crippen LogP contribution < -0.4 is 10.0 Å². The van der Waals surface area contributed by atoms with Gasteiger partial charge < -0.3 is 9.47 Å². The quantitative estimate of drug-likeness (QED) is 0.525. The molecule has 8 nitrogen and oxygen atoms in total. The lowest BCUT2D eigenvalue weighted by atomic mass is 10.1. The van der Waals surface area contributed by atoms with Crippen molar-refractivity contribution in [3.05, 3.63) is 53.1 Å². The van der Waals surface area contributed by atoms with Crippen LogP contribution in [0, 0.1) is 0 Å². The number of carbonyl (C=O) groups is 2. The number of rotatable bonds is 6. The highest BCUT2D eigenvalue weighted by Gasteiger charge is 2.32. The Hall–Kier alpha value is -3.28. The third kappa shape index (κ3) is 6.86. The van der Waals surface area contributed by atoms with Gasteiger partial charge in [-0.2, -0.15) is 13.2 Å². The lowest BCUT2D eigenvalue weighted by Gasteiger charge is -2.21. The van der Waals surface area contributed by atoms with Gasteiger partial charge in [-0.3, -0.25) is 10.0 Å². The van der Waals surface area contributed by atoms with Crippen LogP contribution in [-0.2, 0) is 32.1 Å². The molecule has 0 radical (unpaired) electrons. The van der Waals surface area contributed by atoms with Crippen molar-refractivity contribution in [1.29, 1.82) is 0 Å². The third-order valence-electron chi connectivity index (χ3n) is 4.39. The molecule has 0 saturated carbocycles. The van der Waals surface area contributed by atoms with E-state index in [0.717, 1.165) is 19.2 Å². The van der Waals surface area contributed by atoms with Crippen LogP contribution in [0.15, 0.2) is 41.3 Å². The van der Waals surface area contributed by atoms with Crippen molar-refractivity contribution in [2.24, 2.45) is 0 Å². The number of methoxy groups -OCH3 is 1. The van der Waals surface area contributed by atoms with Crippen molar-refractivity contribution < 1.29 is 40.7 Å². The zero-order valence-electron chi connectivity index (χ0n) is 19.2. The molecule has 0 bridgehead atoms. The van der Waals surface area contributed by atoms with Gasteiger partial charge in [-0.1, -0.05) is 13.0 Å². The van der Waals surface area contributed by atoms with Crippen molar-refractivity contribution in [2.75, 3.05) is 17.1 Å². The molecule has 186 valence electrons. The molecule has 1 amide bonds. The number of hydrogen-bond donors (Lipinski definition) is 2. The molecule has 0 aliphatic heterocycles. The summed E-state index contributed by atoms with van der Waals surface area (Å²) in [6.45, 7) is 6.43. The van der Waals surface area contributed by atoms with E-state index < -0.39 is 45.1 Å². The van der Waals surface area contributed by atoms with E-state index in [2.05, 4.69) is 14.8 Å². The Morgan fingerprint density at radius 3 is 2.18 bits per heavy atom. The molecule has 12 heteroatoms. The maximum atomic E-state index is 13.3. The van der Waals surface area contributed by atoms with E-state index in [0.29, 0.717) is 17.7 Å². The Labute approximate surface area is 195 Å². The number of sulfonamides is 1. The third-order valence-corrected chi connectivity index (χ3v) is 5.83. The van der Waals surface area contributed by atoms with Gasteiger partial charge in [0.1, 0.15) is 5.60 Å². The molecule has 2 rings (SSSR count). The highest BCUT2D eigenvalue weighted by Crippen LogP contribution is 2.35. The van der Waals surface area contributed by atoms with E-state index in [1.807, 2.05) is 0 Å². The van der Waals surface area contributed by atoms with Crippen molar-refractivity contribution in [2.45, 2.75) is 50.8 Å². The number of carbonyl (C=O) groups excluding carboxylic acids is 2. The summed E-state index contributed by atoms with van der Waals surface area (Å²) in [6.07, 6.45) is -5.51. The van der Waals surface area contributed by atoms with Crippen molar-refractivity contribution in [3.63, 3.8) is 0 Å². The van der Waals surface area contributed by atoms with Crippen LogP contribution in [0.3, 0.4) is 0 Å². The standard InChI is InChI=1S/C22H25F3N2O6S/c1-6-13-7-8-14(19(28)32-5)11-18(13)34(30,31)27-17-12-15(22(23,24)25)9-10-16(17)26-20(29)33-21(2,3)4/h7-12,27H,6H2,1-5H3,(H,26,29). The number of aryl methyl sites for hydroxylation is 1. The van der Waals surface area contributed by atoms with E-state index in [9.17, 15) is 31.2 Å². The van der Waals surface area contributed by atoms with Crippen LogP contribution in [0.25, 0.3) is 0 Å². The predicted octanol–water partition coefficient (Wildman–Crippen LogP) is 5.20. The zero-order valence-corrected chi connectivity index (χ0v) is 20.0. The second-order valence-electron chi connectivity index (χ2n) is 8.16. The number of alkyl halides is 3. The van der Waals surface area contributed by atoms with E-state index in [-0.39, 0.29) is 22.6 Å². The van der Waals surface area contributed by atoms with Crippen molar-refractivity contribution in [3.8, 4) is 0 Å². The van der Waals surface area contributed by atoms with Gasteiger partial charge in [0.25, 0.3) is 10.0 Å². The normalized spacial score (nSPS) is 12.1. The summed E-state index contributed by atoms with van der Waals surface area (Å²) in [5.41, 5.74) is -2.58. The Morgan fingerprint density at radius 2 is 1.65 bits per heavy atom. The molecule has 0 saturated heterocycles. The minimum atomic E-state index is -4.77. The number of halogens is 3. The molecule has 2 aromatic carbocycles. The van der Waals surface area contributed by atoms with Crippen LogP contribution in [0.2, 0.25) is 0 Å². The highest BCUT2D eigenvalue weighted by molar-refractivity contribution is 7.92. The summed E-state index contributed by atoms with van der Waals surface area (Å²) in [6, 6.07) is 6.02. The molecular weight excluding hydrogens is 477 g/mol.